The van der Waals surface area contributed by atoms with E-state index in [4.69, 9.17) is 0 Å². The lowest BCUT2D eigenvalue weighted by atomic mass is 10.5. The van der Waals surface area contributed by atoms with Crippen LogP contribution in [0.4, 0.5) is 0 Å². The maximum Gasteiger partial charge on any atom is -0.00105 e. The van der Waals surface area contributed by atoms with E-state index in [2.05, 4.69) is 5.84 Å². The quantitative estimate of drug-likeness (QED) is 0.384. The first-order valence-electron chi connectivity index (χ1n) is 1.96. The Kier molecular flexibility index (Phi) is 3.02. The number of nitrogens with two attached hydrogens (primary N) is 1. The molecular weight excluding hydrogens is 80.0 g/mol. The minimum absolute atomic E-state index is 0.431. The summed E-state index contributed by atoms with van der Waals surface area (Å²) in [6.07, 6.45) is 0.819. The summed E-state index contributed by atoms with van der Waals surface area (Å²) < 4.78 is 0. The minimum Gasteiger partial charge on any atom is -0.772 e. The van der Waals surface area contributed by atoms with Crippen LogP contribution in [-0.4, -0.2) is 11.7 Å². The van der Waals surface area contributed by atoms with Gasteiger partial charge in [-0.3, -0.25) is 5.84 Å². The van der Waals surface area contributed by atoms with Gasteiger partial charge in [0.15, 0.2) is 0 Å². The van der Waals surface area contributed by atoms with Crippen molar-refractivity contribution in [1.82, 2.24) is 5.17 Å². The summed E-state index contributed by atoms with van der Waals surface area (Å²) in [7, 11) is 0. The largest absolute Gasteiger partial charge is 0.772 e. The van der Waals surface area contributed by atoms with Gasteiger partial charge in [-0.05, 0) is 13.0 Å². The van der Waals surface area contributed by atoms with Gasteiger partial charge in [0.1, 0.15) is 0 Å². The zero-order chi connectivity index (χ0) is 4.99. The fourth-order valence-corrected chi connectivity index (χ4v) is 0.220. The van der Waals surface area contributed by atoms with Gasteiger partial charge in [-0.1, -0.05) is 6.92 Å². The summed E-state index contributed by atoms with van der Waals surface area (Å²) in [6, 6.07) is 0. The first kappa shape index (κ1) is 5.88. The van der Waals surface area contributed by atoms with E-state index in [-0.39, 0.29) is 0 Å². The second-order valence-electron chi connectivity index (χ2n) is 1.14. The van der Waals surface area contributed by atoms with E-state index < -0.39 is 0 Å². The van der Waals surface area contributed by atoms with E-state index in [0.29, 0.717) is 11.7 Å². The third kappa shape index (κ3) is 3.88. The summed E-state index contributed by atoms with van der Waals surface area (Å²) in [4.78, 5) is 0. The molecule has 0 rings (SSSR count). The Bertz CT molecular complexity index is 30.0. The van der Waals surface area contributed by atoms with E-state index in [9.17, 15) is 5.21 Å². The molecule has 0 radical (unpaired) electrons. The van der Waals surface area contributed by atoms with Crippen molar-refractivity contribution in [3.63, 3.8) is 0 Å². The number of nitrogens with zero attached hydrogens (tertiary/aromatic N) is 1. The topological polar surface area (TPSA) is 52.3 Å². The van der Waals surface area contributed by atoms with Crippen molar-refractivity contribution in [3.8, 4) is 0 Å². The zero-order valence-electron chi connectivity index (χ0n) is 3.85. The van der Waals surface area contributed by atoms with Crippen molar-refractivity contribution >= 4 is 0 Å². The Morgan fingerprint density at radius 3 is 2.33 bits per heavy atom. The Labute approximate surface area is 37.3 Å². The van der Waals surface area contributed by atoms with E-state index in [1.165, 1.54) is 0 Å². The number of rotatable bonds is 2. The first-order chi connectivity index (χ1) is 2.77. The Morgan fingerprint density at radius 2 is 2.33 bits per heavy atom. The van der Waals surface area contributed by atoms with Crippen molar-refractivity contribution < 1.29 is 0 Å². The van der Waals surface area contributed by atoms with E-state index in [1.54, 1.807) is 0 Å². The van der Waals surface area contributed by atoms with Crippen LogP contribution in [-0.2, 0) is 0 Å². The van der Waals surface area contributed by atoms with Crippen molar-refractivity contribution in [2.24, 2.45) is 5.84 Å². The van der Waals surface area contributed by atoms with Crippen molar-refractivity contribution in [3.05, 3.63) is 5.21 Å². The zero-order valence-corrected chi connectivity index (χ0v) is 3.85. The van der Waals surface area contributed by atoms with E-state index in [0.717, 1.165) is 6.42 Å². The number of hydrogen-bond acceptors (Lipinski definition) is 3. The predicted octanol–water partition coefficient (Wildman–Crippen LogP) is 0.0699. The average Bonchev–Trinajstić information content (AvgIpc) is 1.35. The lowest BCUT2D eigenvalue weighted by Gasteiger charge is -2.19. The molecule has 3 nitrogen and oxygen atoms in total. The molecule has 0 aromatic carbocycles. The van der Waals surface area contributed by atoms with Crippen LogP contribution in [0.3, 0.4) is 0 Å². The molecule has 0 bridgehead atoms. The molecule has 0 aliphatic rings. The van der Waals surface area contributed by atoms with Crippen molar-refractivity contribution in [1.29, 1.82) is 0 Å². The lowest BCUT2D eigenvalue weighted by Crippen LogP contribution is -2.24. The Balaban J connectivity index is 2.63. The number of hydrogen-bond donors (Lipinski definition) is 1. The second kappa shape index (κ2) is 3.08. The Hall–Kier alpha value is -0.120. The molecule has 0 saturated heterocycles. The molecule has 6 heavy (non-hydrogen) atoms. The molecule has 0 spiro atoms. The van der Waals surface area contributed by atoms with Gasteiger partial charge in [-0.2, -0.15) is 0 Å². The SMILES string of the molecule is CCCN(N)[O-]. The van der Waals surface area contributed by atoms with Gasteiger partial charge in [0.25, 0.3) is 0 Å². The summed E-state index contributed by atoms with van der Waals surface area (Å²) in [5.41, 5.74) is 0. The van der Waals surface area contributed by atoms with Crippen LogP contribution < -0.4 is 5.84 Å². The molecule has 38 valence electrons. The molecule has 3 heteroatoms. The van der Waals surface area contributed by atoms with Crippen LogP contribution in [0.1, 0.15) is 13.3 Å². The summed E-state index contributed by atoms with van der Waals surface area (Å²) in [5, 5.41) is 10.2. The Morgan fingerprint density at radius 1 is 1.83 bits per heavy atom. The van der Waals surface area contributed by atoms with Gasteiger partial charge in [0, 0.05) is 0 Å². The standard InChI is InChI=1S/C3H9N2O/c1-2-3-5(4)6/h2-4H2,1H3/q-1. The van der Waals surface area contributed by atoms with Crippen LogP contribution in [0.2, 0.25) is 0 Å². The minimum atomic E-state index is 0.431. The van der Waals surface area contributed by atoms with Gasteiger partial charge in [0.2, 0.25) is 0 Å². The maximum atomic E-state index is 9.74. The van der Waals surface area contributed by atoms with Crippen LogP contribution in [0.5, 0.6) is 0 Å². The first-order valence-corrected chi connectivity index (χ1v) is 1.96. The molecule has 0 aromatic heterocycles. The van der Waals surface area contributed by atoms with Gasteiger partial charge >= 0.3 is 0 Å². The van der Waals surface area contributed by atoms with E-state index >= 15 is 0 Å². The third-order valence-electron chi connectivity index (χ3n) is 0.444. The summed E-state index contributed by atoms with van der Waals surface area (Å²) in [6.45, 7) is 2.33. The monoisotopic (exact) mass is 89.1 g/mol. The highest BCUT2D eigenvalue weighted by Gasteiger charge is 1.72. The average molecular weight is 89.1 g/mol. The molecule has 0 unspecified atom stereocenters. The van der Waals surface area contributed by atoms with Crippen LogP contribution in [0, 0.1) is 5.21 Å². The van der Waals surface area contributed by atoms with Gasteiger partial charge in [0.05, 0.1) is 0 Å². The highest BCUT2D eigenvalue weighted by Crippen LogP contribution is 1.74. The maximum absolute atomic E-state index is 9.74. The van der Waals surface area contributed by atoms with Crippen LogP contribution >= 0.6 is 0 Å². The molecule has 0 aromatic rings. The second-order valence-corrected chi connectivity index (χ2v) is 1.14. The van der Waals surface area contributed by atoms with E-state index in [1.807, 2.05) is 6.92 Å². The van der Waals surface area contributed by atoms with Gasteiger partial charge in [-0.25, -0.2) is 0 Å². The molecule has 2 N–H and O–H groups in total. The summed E-state index contributed by atoms with van der Waals surface area (Å²) >= 11 is 0. The predicted molar refractivity (Wildman–Crippen MR) is 24.6 cm³/mol. The van der Waals surface area contributed by atoms with Gasteiger partial charge in [-0.15, -0.1) is 0 Å². The third-order valence-corrected chi connectivity index (χ3v) is 0.444. The molecule has 0 heterocycles. The molecule has 0 fully saturated rings. The smallest absolute Gasteiger partial charge is 0.00105 e. The molecule has 0 aliphatic heterocycles. The summed E-state index contributed by atoms with van der Waals surface area (Å²) in [5.74, 6) is 4.68. The lowest BCUT2D eigenvalue weighted by molar-refractivity contribution is 0.395. The molecular formula is C3H9N2O-. The fourth-order valence-electron chi connectivity index (χ4n) is 0.220. The van der Waals surface area contributed by atoms with Crippen molar-refractivity contribution in [2.45, 2.75) is 13.3 Å². The molecule has 0 amide bonds. The normalized spacial score (nSPS) is 10.0. The van der Waals surface area contributed by atoms with Crippen LogP contribution in [0.15, 0.2) is 0 Å². The molecule has 0 aliphatic carbocycles. The highest BCUT2D eigenvalue weighted by atomic mass is 16.5. The number of hydrazine groups is 1. The van der Waals surface area contributed by atoms with Crippen molar-refractivity contribution in [2.75, 3.05) is 6.54 Å². The molecule has 0 atom stereocenters. The van der Waals surface area contributed by atoms with Crippen LogP contribution in [0.25, 0.3) is 0 Å². The molecule has 0 saturated carbocycles. The highest BCUT2D eigenvalue weighted by molar-refractivity contribution is 4.39. The fraction of sp³-hybridized carbons (Fsp3) is 1.00. The van der Waals surface area contributed by atoms with Gasteiger partial charge < -0.3 is 10.4 Å². The number of hydroxylamine groups is 1.